The Morgan fingerprint density at radius 3 is 2.88 bits per heavy atom. The average Bonchev–Trinajstić information content (AvgIpc) is 2.35. The van der Waals surface area contributed by atoms with Crippen molar-refractivity contribution < 1.29 is 4.74 Å². The SMILES string of the molecule is CCCCCC(NN)c1cncc(OC)c1. The Bertz CT molecular complexity index is 304. The molecule has 90 valence electrons. The molecule has 1 unspecified atom stereocenters. The van der Waals surface area contributed by atoms with Crippen molar-refractivity contribution >= 4 is 0 Å². The van der Waals surface area contributed by atoms with E-state index in [1.165, 1.54) is 19.3 Å². The molecule has 16 heavy (non-hydrogen) atoms. The number of rotatable bonds is 7. The number of methoxy groups -OCH3 is 1. The van der Waals surface area contributed by atoms with E-state index in [-0.39, 0.29) is 6.04 Å². The first-order valence-corrected chi connectivity index (χ1v) is 5.76. The fraction of sp³-hybridized carbons (Fsp3) is 0.583. The van der Waals surface area contributed by atoms with Gasteiger partial charge in [-0.05, 0) is 18.1 Å². The van der Waals surface area contributed by atoms with Crippen LogP contribution in [0.4, 0.5) is 0 Å². The minimum atomic E-state index is 0.161. The van der Waals surface area contributed by atoms with Crippen molar-refractivity contribution in [2.24, 2.45) is 5.84 Å². The van der Waals surface area contributed by atoms with Crippen LogP contribution in [0.2, 0.25) is 0 Å². The van der Waals surface area contributed by atoms with Crippen LogP contribution in [0, 0.1) is 0 Å². The van der Waals surface area contributed by atoms with Gasteiger partial charge in [0.05, 0.1) is 13.3 Å². The zero-order valence-electron chi connectivity index (χ0n) is 10.1. The van der Waals surface area contributed by atoms with E-state index in [4.69, 9.17) is 10.6 Å². The Balaban J connectivity index is 2.62. The number of nitrogens with two attached hydrogens (primary N) is 1. The molecule has 3 N–H and O–H groups in total. The smallest absolute Gasteiger partial charge is 0.137 e. The molecule has 1 rings (SSSR count). The number of ether oxygens (including phenoxy) is 1. The highest BCUT2D eigenvalue weighted by molar-refractivity contribution is 5.25. The summed E-state index contributed by atoms with van der Waals surface area (Å²) >= 11 is 0. The fourth-order valence-corrected chi connectivity index (χ4v) is 1.68. The molecule has 0 bridgehead atoms. The molecule has 0 aliphatic carbocycles. The lowest BCUT2D eigenvalue weighted by atomic mass is 10.0. The van der Waals surface area contributed by atoms with Gasteiger partial charge in [0.1, 0.15) is 5.75 Å². The third kappa shape index (κ3) is 3.79. The summed E-state index contributed by atoms with van der Waals surface area (Å²) in [4.78, 5) is 4.13. The summed E-state index contributed by atoms with van der Waals surface area (Å²) in [5.74, 6) is 6.33. The number of hydrogen-bond acceptors (Lipinski definition) is 4. The predicted molar refractivity (Wildman–Crippen MR) is 65.0 cm³/mol. The summed E-state index contributed by atoms with van der Waals surface area (Å²) in [6.45, 7) is 2.19. The van der Waals surface area contributed by atoms with Crippen molar-refractivity contribution in [3.05, 3.63) is 24.0 Å². The van der Waals surface area contributed by atoms with E-state index < -0.39 is 0 Å². The van der Waals surface area contributed by atoms with Crippen molar-refractivity contribution in [1.29, 1.82) is 0 Å². The second-order valence-corrected chi connectivity index (χ2v) is 3.87. The monoisotopic (exact) mass is 223 g/mol. The molecule has 0 aliphatic rings. The van der Waals surface area contributed by atoms with Crippen LogP contribution in [-0.4, -0.2) is 12.1 Å². The van der Waals surface area contributed by atoms with E-state index in [0.29, 0.717) is 0 Å². The molecule has 0 aliphatic heterocycles. The number of aromatic nitrogens is 1. The van der Waals surface area contributed by atoms with Crippen LogP contribution in [0.25, 0.3) is 0 Å². The van der Waals surface area contributed by atoms with Crippen molar-refractivity contribution in [3.8, 4) is 5.75 Å². The zero-order chi connectivity index (χ0) is 11.8. The van der Waals surface area contributed by atoms with E-state index in [0.717, 1.165) is 17.7 Å². The molecule has 0 fully saturated rings. The third-order valence-corrected chi connectivity index (χ3v) is 2.67. The highest BCUT2D eigenvalue weighted by Crippen LogP contribution is 2.21. The van der Waals surface area contributed by atoms with Gasteiger partial charge >= 0.3 is 0 Å². The minimum Gasteiger partial charge on any atom is -0.495 e. The molecule has 1 aromatic rings. The van der Waals surface area contributed by atoms with Crippen molar-refractivity contribution in [1.82, 2.24) is 10.4 Å². The van der Waals surface area contributed by atoms with Gasteiger partial charge in [-0.15, -0.1) is 0 Å². The maximum absolute atomic E-state index is 5.56. The van der Waals surface area contributed by atoms with Gasteiger partial charge in [0.25, 0.3) is 0 Å². The average molecular weight is 223 g/mol. The van der Waals surface area contributed by atoms with E-state index in [9.17, 15) is 0 Å². The van der Waals surface area contributed by atoms with Gasteiger partial charge in [-0.2, -0.15) is 0 Å². The van der Waals surface area contributed by atoms with Crippen molar-refractivity contribution in [3.63, 3.8) is 0 Å². The van der Waals surface area contributed by atoms with Crippen LogP contribution in [0.3, 0.4) is 0 Å². The third-order valence-electron chi connectivity index (χ3n) is 2.67. The van der Waals surface area contributed by atoms with Crippen LogP contribution >= 0.6 is 0 Å². The number of hydrogen-bond donors (Lipinski definition) is 2. The summed E-state index contributed by atoms with van der Waals surface area (Å²) in [7, 11) is 1.64. The van der Waals surface area contributed by atoms with Crippen LogP contribution < -0.4 is 16.0 Å². The molecule has 1 heterocycles. The Hall–Kier alpha value is -1.13. The lowest BCUT2D eigenvalue weighted by Crippen LogP contribution is -2.28. The summed E-state index contributed by atoms with van der Waals surface area (Å²) in [5.41, 5.74) is 3.91. The maximum atomic E-state index is 5.56. The normalized spacial score (nSPS) is 12.4. The van der Waals surface area contributed by atoms with E-state index in [1.807, 2.05) is 12.3 Å². The summed E-state index contributed by atoms with van der Waals surface area (Å²) in [6.07, 6.45) is 8.17. The number of pyridine rings is 1. The largest absolute Gasteiger partial charge is 0.495 e. The Kier molecular flexibility index (Phi) is 5.82. The van der Waals surface area contributed by atoms with Gasteiger partial charge in [0.2, 0.25) is 0 Å². The highest BCUT2D eigenvalue weighted by Gasteiger charge is 2.10. The molecule has 4 nitrogen and oxygen atoms in total. The van der Waals surface area contributed by atoms with Crippen LogP contribution in [-0.2, 0) is 0 Å². The molecular formula is C12H21N3O. The molecule has 4 heteroatoms. The maximum Gasteiger partial charge on any atom is 0.137 e. The van der Waals surface area contributed by atoms with Gasteiger partial charge in [0.15, 0.2) is 0 Å². The summed E-state index contributed by atoms with van der Waals surface area (Å²) in [5, 5.41) is 0. The molecule has 0 spiro atoms. The lowest BCUT2D eigenvalue weighted by Gasteiger charge is -2.16. The summed E-state index contributed by atoms with van der Waals surface area (Å²) in [6, 6.07) is 2.14. The predicted octanol–water partition coefficient (Wildman–Crippen LogP) is 2.17. The first-order valence-electron chi connectivity index (χ1n) is 5.76. The first kappa shape index (κ1) is 12.9. The van der Waals surface area contributed by atoms with Crippen molar-refractivity contribution in [2.75, 3.05) is 7.11 Å². The van der Waals surface area contributed by atoms with Gasteiger partial charge in [-0.1, -0.05) is 26.2 Å². The molecule has 0 saturated heterocycles. The Labute approximate surface area is 97.2 Å². The van der Waals surface area contributed by atoms with Crippen LogP contribution in [0.15, 0.2) is 18.5 Å². The molecular weight excluding hydrogens is 202 g/mol. The van der Waals surface area contributed by atoms with E-state index in [1.54, 1.807) is 13.3 Å². The van der Waals surface area contributed by atoms with E-state index >= 15 is 0 Å². The molecule has 1 atom stereocenters. The molecule has 1 aromatic heterocycles. The van der Waals surface area contributed by atoms with E-state index in [2.05, 4.69) is 17.3 Å². The minimum absolute atomic E-state index is 0.161. The highest BCUT2D eigenvalue weighted by atomic mass is 16.5. The number of nitrogens with one attached hydrogen (secondary N) is 1. The Morgan fingerprint density at radius 2 is 2.25 bits per heavy atom. The number of unbranched alkanes of at least 4 members (excludes halogenated alkanes) is 2. The molecule has 0 amide bonds. The first-order chi connectivity index (χ1) is 7.81. The quantitative estimate of drug-likeness (QED) is 0.422. The zero-order valence-corrected chi connectivity index (χ0v) is 10.1. The second kappa shape index (κ2) is 7.19. The van der Waals surface area contributed by atoms with Gasteiger partial charge in [-0.3, -0.25) is 16.3 Å². The molecule has 0 radical (unpaired) electrons. The Morgan fingerprint density at radius 1 is 1.44 bits per heavy atom. The van der Waals surface area contributed by atoms with Gasteiger partial charge < -0.3 is 4.74 Å². The molecule has 0 aromatic carbocycles. The number of nitrogens with zero attached hydrogens (tertiary/aromatic N) is 1. The number of hydrazine groups is 1. The van der Waals surface area contributed by atoms with Crippen LogP contribution in [0.1, 0.15) is 44.2 Å². The summed E-state index contributed by atoms with van der Waals surface area (Å²) < 4.78 is 5.14. The van der Waals surface area contributed by atoms with Gasteiger partial charge in [0, 0.05) is 12.2 Å². The topological polar surface area (TPSA) is 60.2 Å². The fourth-order valence-electron chi connectivity index (χ4n) is 1.68. The second-order valence-electron chi connectivity index (χ2n) is 3.87. The van der Waals surface area contributed by atoms with Crippen LogP contribution in [0.5, 0.6) is 5.75 Å². The molecule has 0 saturated carbocycles. The van der Waals surface area contributed by atoms with Gasteiger partial charge in [-0.25, -0.2) is 0 Å². The lowest BCUT2D eigenvalue weighted by molar-refractivity contribution is 0.409. The standard InChI is InChI=1S/C12H21N3O/c1-3-4-5-6-12(15-13)10-7-11(16-2)9-14-8-10/h7-9,12,15H,3-6,13H2,1-2H3. The van der Waals surface area contributed by atoms with Crippen molar-refractivity contribution in [2.45, 2.75) is 38.6 Å².